The largest absolute Gasteiger partial charge is 0.394 e. The molecule has 2 saturated heterocycles. The van der Waals surface area contributed by atoms with Gasteiger partial charge >= 0.3 is 0 Å². The molecule has 0 aromatic carbocycles. The van der Waals surface area contributed by atoms with Gasteiger partial charge in [-0.3, -0.25) is 4.79 Å². The molecule has 0 unspecified atom stereocenters. The minimum absolute atomic E-state index is 0.0340. The van der Waals surface area contributed by atoms with E-state index in [1.54, 1.807) is 0 Å². The summed E-state index contributed by atoms with van der Waals surface area (Å²) >= 11 is 0. The first-order valence-corrected chi connectivity index (χ1v) is 17.9. The molecule has 8 aliphatic rings. The van der Waals surface area contributed by atoms with E-state index in [-0.39, 0.29) is 53.4 Å². The average molecular weight is 600 g/mol. The van der Waals surface area contributed by atoms with Crippen LogP contribution in [-0.4, -0.2) is 78.0 Å². The molecule has 0 radical (unpaired) electrons. The third kappa shape index (κ3) is 3.87. The number of aliphatic hydroxyl groups excluding tert-OH is 2. The highest BCUT2D eigenvalue weighted by atomic mass is 16.7. The van der Waals surface area contributed by atoms with Gasteiger partial charge in [0.1, 0.15) is 0 Å². The van der Waals surface area contributed by atoms with Crippen molar-refractivity contribution < 1.29 is 29.2 Å². The molecule has 6 saturated carbocycles. The Morgan fingerprint density at radius 3 is 2.49 bits per heavy atom. The molecule has 242 valence electrons. The summed E-state index contributed by atoms with van der Waals surface area (Å²) in [6, 6.07) is 0. The molecule has 13 atom stereocenters. The monoisotopic (exact) mass is 599 g/mol. The number of morpholine rings is 1. The molecule has 1 amide bonds. The summed E-state index contributed by atoms with van der Waals surface area (Å²) in [6.45, 7) is 14.0. The van der Waals surface area contributed by atoms with Gasteiger partial charge in [-0.15, -0.1) is 0 Å². The van der Waals surface area contributed by atoms with E-state index < -0.39 is 6.10 Å². The molecule has 2 aliphatic heterocycles. The van der Waals surface area contributed by atoms with Crippen LogP contribution in [0.3, 0.4) is 0 Å². The van der Waals surface area contributed by atoms with Crippen molar-refractivity contribution in [3.05, 3.63) is 0 Å². The molecule has 7 heteroatoms. The third-order valence-electron chi connectivity index (χ3n) is 15.9. The standard InChI is InChI=1S/C36H57NO6/c1-21-16-23(19-38)42-30-29(21)33(4)12-13-36-20-35(36)11-10-26(32(2,3)24(35)8-9-25(36)34(33,5)31(30)40)43-28-18-37(14-15-41-28)27(39)17-22-6-7-22/h21-26,28-31,38,40H,6-20H2,1-5H3/t21-,23-,24+,25+,26+,28+,29+,30+,31+,33-,34-,35-,36+/m1/s1. The number of hydrogen-bond acceptors (Lipinski definition) is 6. The van der Waals surface area contributed by atoms with Gasteiger partial charge in [0, 0.05) is 18.4 Å². The fraction of sp³-hybridized carbons (Fsp3) is 0.972. The van der Waals surface area contributed by atoms with Crippen LogP contribution in [0.2, 0.25) is 0 Å². The van der Waals surface area contributed by atoms with Gasteiger partial charge in [0.05, 0.1) is 44.2 Å². The Morgan fingerprint density at radius 1 is 1.00 bits per heavy atom. The quantitative estimate of drug-likeness (QED) is 0.454. The van der Waals surface area contributed by atoms with Crippen LogP contribution in [-0.2, 0) is 19.0 Å². The first-order valence-electron chi connectivity index (χ1n) is 17.9. The SMILES string of the molecule is C[C@@H]1C[C@H](CO)O[C@H]2[C@H]1[C@@]1(C)CC[C@@]34C[C@@]35CC[C@H](O[C@H]3CN(C(=O)CC6CC6)CCO3)C(C)(C)[C@@H]5CC[C@H]4[C@]1(C)[C@H]2O. The van der Waals surface area contributed by atoms with Crippen LogP contribution in [0.15, 0.2) is 0 Å². The van der Waals surface area contributed by atoms with Crippen molar-refractivity contribution in [2.75, 3.05) is 26.3 Å². The third-order valence-corrected chi connectivity index (χ3v) is 15.9. The number of aliphatic hydroxyl groups is 2. The summed E-state index contributed by atoms with van der Waals surface area (Å²) in [4.78, 5) is 14.8. The zero-order chi connectivity index (χ0) is 30.2. The van der Waals surface area contributed by atoms with E-state index in [4.69, 9.17) is 14.2 Å². The second-order valence-corrected chi connectivity index (χ2v) is 17.7. The van der Waals surface area contributed by atoms with Gasteiger partial charge < -0.3 is 29.3 Å². The molecule has 2 heterocycles. The number of carbonyl (C=O) groups excluding carboxylic acids is 1. The average Bonchev–Trinajstić information content (AvgIpc) is 3.90. The summed E-state index contributed by atoms with van der Waals surface area (Å²) in [5.41, 5.74) is 0.578. The number of carbonyl (C=O) groups is 1. The fourth-order valence-electron chi connectivity index (χ4n) is 13.6. The van der Waals surface area contributed by atoms with Crippen molar-refractivity contribution >= 4 is 5.91 Å². The molecular formula is C36H57NO6. The minimum Gasteiger partial charge on any atom is -0.394 e. The molecule has 2 spiro atoms. The van der Waals surface area contributed by atoms with Gasteiger partial charge in [-0.05, 0) is 115 Å². The predicted molar refractivity (Wildman–Crippen MR) is 162 cm³/mol. The lowest BCUT2D eigenvalue weighted by Gasteiger charge is -2.64. The summed E-state index contributed by atoms with van der Waals surface area (Å²) in [6.07, 6.45) is 11.4. The lowest BCUT2D eigenvalue weighted by atomic mass is 9.41. The van der Waals surface area contributed by atoms with E-state index in [1.165, 1.54) is 51.4 Å². The number of fused-ring (bicyclic) bond motifs is 4. The van der Waals surface area contributed by atoms with Crippen molar-refractivity contribution in [1.29, 1.82) is 0 Å². The summed E-state index contributed by atoms with van der Waals surface area (Å²) in [5.74, 6) is 2.80. The predicted octanol–water partition coefficient (Wildman–Crippen LogP) is 5.16. The first-order chi connectivity index (χ1) is 20.4. The highest BCUT2D eigenvalue weighted by molar-refractivity contribution is 5.76. The van der Waals surface area contributed by atoms with Crippen LogP contribution < -0.4 is 0 Å². The normalized spacial score (nSPS) is 55.0. The lowest BCUT2D eigenvalue weighted by molar-refractivity contribution is -0.248. The van der Waals surface area contributed by atoms with Crippen LogP contribution in [0.4, 0.5) is 0 Å². The van der Waals surface area contributed by atoms with Crippen LogP contribution in [0.1, 0.15) is 105 Å². The summed E-state index contributed by atoms with van der Waals surface area (Å²) < 4.78 is 19.4. The molecule has 7 nitrogen and oxygen atoms in total. The van der Waals surface area contributed by atoms with Crippen molar-refractivity contribution in [2.45, 2.75) is 136 Å². The number of nitrogens with zero attached hydrogens (tertiary/aromatic N) is 1. The van der Waals surface area contributed by atoms with Crippen molar-refractivity contribution in [2.24, 2.45) is 56.7 Å². The Bertz CT molecular complexity index is 1140. The van der Waals surface area contributed by atoms with E-state index in [0.29, 0.717) is 66.5 Å². The second-order valence-electron chi connectivity index (χ2n) is 17.7. The van der Waals surface area contributed by atoms with E-state index in [9.17, 15) is 15.0 Å². The Balaban J connectivity index is 1.01. The second kappa shape index (κ2) is 9.65. The van der Waals surface area contributed by atoms with Crippen molar-refractivity contribution in [3.63, 3.8) is 0 Å². The highest BCUT2D eigenvalue weighted by Gasteiger charge is 2.84. The van der Waals surface area contributed by atoms with Gasteiger partial charge in [0.25, 0.3) is 0 Å². The maximum absolute atomic E-state index is 12.8. The first kappa shape index (κ1) is 29.7. The van der Waals surface area contributed by atoms with Crippen molar-refractivity contribution in [1.82, 2.24) is 4.90 Å². The van der Waals surface area contributed by atoms with Gasteiger partial charge in [-0.25, -0.2) is 0 Å². The lowest BCUT2D eigenvalue weighted by Crippen LogP contribution is -2.60. The number of rotatable bonds is 5. The fourth-order valence-corrected chi connectivity index (χ4v) is 13.6. The minimum atomic E-state index is -0.475. The smallest absolute Gasteiger partial charge is 0.223 e. The Kier molecular flexibility index (Phi) is 6.66. The van der Waals surface area contributed by atoms with Gasteiger partial charge in [0.15, 0.2) is 6.29 Å². The van der Waals surface area contributed by atoms with Crippen molar-refractivity contribution in [3.8, 4) is 0 Å². The van der Waals surface area contributed by atoms with E-state index in [0.717, 1.165) is 12.8 Å². The molecule has 0 aromatic rings. The molecule has 0 bridgehead atoms. The van der Waals surface area contributed by atoms with Crippen LogP contribution >= 0.6 is 0 Å². The van der Waals surface area contributed by atoms with Crippen LogP contribution in [0.5, 0.6) is 0 Å². The molecule has 6 aliphatic carbocycles. The molecule has 8 fully saturated rings. The van der Waals surface area contributed by atoms with E-state index in [1.807, 2.05) is 4.90 Å². The molecular weight excluding hydrogens is 542 g/mol. The topological polar surface area (TPSA) is 88.5 Å². The summed E-state index contributed by atoms with van der Waals surface area (Å²) in [7, 11) is 0. The van der Waals surface area contributed by atoms with Crippen LogP contribution in [0, 0.1) is 56.7 Å². The van der Waals surface area contributed by atoms with Crippen LogP contribution in [0.25, 0.3) is 0 Å². The number of amides is 1. The zero-order valence-corrected chi connectivity index (χ0v) is 27.4. The molecule has 2 N–H and O–H groups in total. The van der Waals surface area contributed by atoms with Gasteiger partial charge in [-0.2, -0.15) is 0 Å². The van der Waals surface area contributed by atoms with Gasteiger partial charge in [0.2, 0.25) is 5.91 Å². The zero-order valence-electron chi connectivity index (χ0n) is 27.4. The maximum atomic E-state index is 12.8. The Hall–Kier alpha value is -0.730. The molecule has 43 heavy (non-hydrogen) atoms. The van der Waals surface area contributed by atoms with E-state index >= 15 is 0 Å². The van der Waals surface area contributed by atoms with E-state index in [2.05, 4.69) is 34.6 Å². The number of hydrogen-bond donors (Lipinski definition) is 2. The summed E-state index contributed by atoms with van der Waals surface area (Å²) in [5, 5.41) is 22.2. The Labute approximate surface area is 258 Å². The molecule has 0 aromatic heterocycles. The van der Waals surface area contributed by atoms with Gasteiger partial charge in [-0.1, -0.05) is 34.6 Å². The number of ether oxygens (including phenoxy) is 3. The molecule has 8 rings (SSSR count). The maximum Gasteiger partial charge on any atom is 0.223 e. The Morgan fingerprint density at radius 2 is 1.74 bits per heavy atom. The highest BCUT2D eigenvalue weighted by Crippen LogP contribution is 2.89.